The number of para-hydroxylation sites is 1. The zero-order valence-electron chi connectivity index (χ0n) is 14.5. The third kappa shape index (κ3) is 5.81. The van der Waals surface area contributed by atoms with Crippen molar-refractivity contribution in [3.8, 4) is 5.75 Å². The first-order valence-corrected chi connectivity index (χ1v) is 8.20. The predicted octanol–water partition coefficient (Wildman–Crippen LogP) is 2.63. The van der Waals surface area contributed by atoms with Gasteiger partial charge in [0.2, 0.25) is 0 Å². The lowest BCUT2D eigenvalue weighted by molar-refractivity contribution is -0.138. The molecule has 1 aromatic carbocycles. The lowest BCUT2D eigenvalue weighted by atomic mass is 10.1. The molecule has 25 heavy (non-hydrogen) atoms. The van der Waals surface area contributed by atoms with Gasteiger partial charge in [0.05, 0.1) is 18.7 Å². The molecule has 1 aliphatic heterocycles. The standard InChI is InChI=1S/C17H24F3N3O2/c1-21-16(23(2)11-13-7-9-24-12-13)22-8-10-25-15-6-4-3-5-14(15)17(18,19)20/h3-6,13H,7-12H2,1-2H3,(H,21,22). The minimum atomic E-state index is -4.43. The molecule has 0 aliphatic carbocycles. The van der Waals surface area contributed by atoms with Crippen molar-refractivity contribution in [3.05, 3.63) is 29.8 Å². The van der Waals surface area contributed by atoms with Crippen molar-refractivity contribution in [2.75, 3.05) is 47.0 Å². The monoisotopic (exact) mass is 359 g/mol. The second kappa shape index (κ2) is 8.94. The van der Waals surface area contributed by atoms with Gasteiger partial charge in [0, 0.05) is 33.2 Å². The third-order valence-corrected chi connectivity index (χ3v) is 3.96. The van der Waals surface area contributed by atoms with E-state index in [1.54, 1.807) is 7.05 Å². The van der Waals surface area contributed by atoms with Gasteiger partial charge in [0.25, 0.3) is 0 Å². The smallest absolute Gasteiger partial charge is 0.419 e. The van der Waals surface area contributed by atoms with Crippen molar-refractivity contribution in [2.24, 2.45) is 10.9 Å². The molecular formula is C17H24F3N3O2. The van der Waals surface area contributed by atoms with Crippen LogP contribution in [0.3, 0.4) is 0 Å². The first-order valence-electron chi connectivity index (χ1n) is 8.20. The van der Waals surface area contributed by atoms with Crippen molar-refractivity contribution in [2.45, 2.75) is 12.6 Å². The van der Waals surface area contributed by atoms with Crippen LogP contribution in [-0.2, 0) is 10.9 Å². The number of nitrogens with zero attached hydrogens (tertiary/aromatic N) is 2. The van der Waals surface area contributed by atoms with E-state index >= 15 is 0 Å². The molecule has 0 saturated carbocycles. The molecule has 1 aliphatic rings. The van der Waals surface area contributed by atoms with E-state index in [4.69, 9.17) is 9.47 Å². The van der Waals surface area contributed by atoms with Crippen LogP contribution in [0.15, 0.2) is 29.3 Å². The number of nitrogens with one attached hydrogen (secondary N) is 1. The zero-order chi connectivity index (χ0) is 18.3. The number of hydrogen-bond acceptors (Lipinski definition) is 3. The summed E-state index contributed by atoms with van der Waals surface area (Å²) in [6.07, 6.45) is -3.40. The maximum Gasteiger partial charge on any atom is 0.419 e. The normalized spacial score (nSPS) is 18.3. The van der Waals surface area contributed by atoms with E-state index in [9.17, 15) is 13.2 Å². The molecule has 5 nitrogen and oxygen atoms in total. The Kier molecular flexibility index (Phi) is 6.92. The van der Waals surface area contributed by atoms with E-state index in [0.717, 1.165) is 32.2 Å². The Morgan fingerprint density at radius 2 is 2.16 bits per heavy atom. The van der Waals surface area contributed by atoms with Gasteiger partial charge in [0.1, 0.15) is 12.4 Å². The van der Waals surface area contributed by atoms with Crippen LogP contribution in [0.25, 0.3) is 0 Å². The average molecular weight is 359 g/mol. The van der Waals surface area contributed by atoms with Gasteiger partial charge in [0.15, 0.2) is 5.96 Å². The quantitative estimate of drug-likeness (QED) is 0.482. The zero-order valence-corrected chi connectivity index (χ0v) is 14.5. The van der Waals surface area contributed by atoms with Crippen molar-refractivity contribution in [3.63, 3.8) is 0 Å². The highest BCUT2D eigenvalue weighted by Gasteiger charge is 2.33. The van der Waals surface area contributed by atoms with Crippen LogP contribution >= 0.6 is 0 Å². The highest BCUT2D eigenvalue weighted by atomic mass is 19.4. The average Bonchev–Trinajstić information content (AvgIpc) is 3.07. The minimum absolute atomic E-state index is 0.104. The van der Waals surface area contributed by atoms with Crippen LogP contribution in [0.1, 0.15) is 12.0 Å². The summed E-state index contributed by atoms with van der Waals surface area (Å²) in [6, 6.07) is 5.20. The van der Waals surface area contributed by atoms with Crippen molar-refractivity contribution >= 4 is 5.96 Å². The van der Waals surface area contributed by atoms with Gasteiger partial charge in [-0.15, -0.1) is 0 Å². The molecule has 1 aromatic rings. The van der Waals surface area contributed by atoms with Gasteiger partial charge in [-0.3, -0.25) is 4.99 Å². The van der Waals surface area contributed by atoms with Gasteiger partial charge >= 0.3 is 6.18 Å². The summed E-state index contributed by atoms with van der Waals surface area (Å²) in [6.45, 7) is 2.81. The van der Waals surface area contributed by atoms with Crippen molar-refractivity contribution in [1.29, 1.82) is 0 Å². The Balaban J connectivity index is 1.80. The molecule has 1 N–H and O–H groups in total. The van der Waals surface area contributed by atoms with Crippen molar-refractivity contribution < 1.29 is 22.6 Å². The molecule has 140 valence electrons. The number of alkyl halides is 3. The maximum atomic E-state index is 12.9. The molecule has 1 fully saturated rings. The minimum Gasteiger partial charge on any atom is -0.491 e. The van der Waals surface area contributed by atoms with Crippen LogP contribution in [0.2, 0.25) is 0 Å². The van der Waals surface area contributed by atoms with E-state index in [2.05, 4.69) is 10.3 Å². The first-order chi connectivity index (χ1) is 11.9. The number of rotatable bonds is 6. The Hall–Kier alpha value is -1.96. The van der Waals surface area contributed by atoms with Crippen LogP contribution < -0.4 is 10.1 Å². The van der Waals surface area contributed by atoms with Crippen LogP contribution in [-0.4, -0.2) is 57.9 Å². The fraction of sp³-hybridized carbons (Fsp3) is 0.588. The number of ether oxygens (including phenoxy) is 2. The molecule has 0 bridgehead atoms. The molecule has 8 heteroatoms. The molecule has 1 unspecified atom stereocenters. The Bertz CT molecular complexity index is 573. The molecule has 1 heterocycles. The third-order valence-electron chi connectivity index (χ3n) is 3.96. The molecule has 0 spiro atoms. The molecule has 1 atom stereocenters. The van der Waals surface area contributed by atoms with Crippen LogP contribution in [0.4, 0.5) is 13.2 Å². The van der Waals surface area contributed by atoms with E-state index in [1.165, 1.54) is 18.2 Å². The number of benzene rings is 1. The summed E-state index contributed by atoms with van der Waals surface area (Å²) in [4.78, 5) is 6.18. The Morgan fingerprint density at radius 1 is 1.40 bits per heavy atom. The summed E-state index contributed by atoms with van der Waals surface area (Å²) < 4.78 is 49.4. The second-order valence-corrected chi connectivity index (χ2v) is 5.93. The first kappa shape index (κ1) is 19.4. The Morgan fingerprint density at radius 3 is 2.80 bits per heavy atom. The molecular weight excluding hydrogens is 335 g/mol. The highest BCUT2D eigenvalue weighted by molar-refractivity contribution is 5.79. The van der Waals surface area contributed by atoms with Crippen molar-refractivity contribution in [1.82, 2.24) is 10.2 Å². The maximum absolute atomic E-state index is 12.9. The van der Waals surface area contributed by atoms with E-state index < -0.39 is 11.7 Å². The highest BCUT2D eigenvalue weighted by Crippen LogP contribution is 2.35. The number of halogens is 3. The van der Waals surface area contributed by atoms with Gasteiger partial charge < -0.3 is 19.7 Å². The largest absolute Gasteiger partial charge is 0.491 e. The second-order valence-electron chi connectivity index (χ2n) is 5.93. The molecule has 1 saturated heterocycles. The predicted molar refractivity (Wildman–Crippen MR) is 89.9 cm³/mol. The summed E-state index contributed by atoms with van der Waals surface area (Å²) in [7, 11) is 3.59. The SMILES string of the molecule is CN=C(NCCOc1ccccc1C(F)(F)F)N(C)CC1CCOC1. The number of guanidine groups is 1. The van der Waals surface area contributed by atoms with Crippen LogP contribution in [0.5, 0.6) is 5.75 Å². The summed E-state index contributed by atoms with van der Waals surface area (Å²) >= 11 is 0. The van der Waals surface area contributed by atoms with Gasteiger partial charge in [-0.2, -0.15) is 13.2 Å². The van der Waals surface area contributed by atoms with Crippen LogP contribution in [0, 0.1) is 5.92 Å². The fourth-order valence-electron chi connectivity index (χ4n) is 2.74. The van der Waals surface area contributed by atoms with Gasteiger partial charge in [-0.25, -0.2) is 0 Å². The lowest BCUT2D eigenvalue weighted by Crippen LogP contribution is -2.42. The fourth-order valence-corrected chi connectivity index (χ4v) is 2.74. The molecule has 2 rings (SSSR count). The number of aliphatic imine (C=N–C) groups is 1. The lowest BCUT2D eigenvalue weighted by Gasteiger charge is -2.24. The van der Waals surface area contributed by atoms with E-state index in [0.29, 0.717) is 18.4 Å². The van der Waals surface area contributed by atoms with Gasteiger partial charge in [-0.1, -0.05) is 12.1 Å². The summed E-state index contributed by atoms with van der Waals surface area (Å²) in [5, 5.41) is 3.10. The van der Waals surface area contributed by atoms with Gasteiger partial charge in [-0.05, 0) is 18.6 Å². The summed E-state index contributed by atoms with van der Waals surface area (Å²) in [5.41, 5.74) is -0.766. The molecule has 0 amide bonds. The van der Waals surface area contributed by atoms with E-state index in [-0.39, 0.29) is 12.4 Å². The van der Waals surface area contributed by atoms with E-state index in [1.807, 2.05) is 11.9 Å². The molecule has 0 aromatic heterocycles. The Labute approximate surface area is 145 Å². The topological polar surface area (TPSA) is 46.1 Å². The summed E-state index contributed by atoms with van der Waals surface area (Å²) in [5.74, 6) is 0.987. The number of hydrogen-bond donors (Lipinski definition) is 1. The molecule has 0 radical (unpaired) electrons.